The second kappa shape index (κ2) is 7.45. The van der Waals surface area contributed by atoms with Crippen molar-refractivity contribution in [1.82, 2.24) is 19.5 Å². The highest BCUT2D eigenvalue weighted by molar-refractivity contribution is 5.67. The van der Waals surface area contributed by atoms with Gasteiger partial charge in [-0.1, -0.05) is 26.3 Å². The van der Waals surface area contributed by atoms with Gasteiger partial charge in [-0.25, -0.2) is 0 Å². The molecule has 152 valence electrons. The molecule has 2 fully saturated rings. The maximum absolute atomic E-state index is 6.51. The molecule has 0 unspecified atom stereocenters. The van der Waals surface area contributed by atoms with Gasteiger partial charge in [0, 0.05) is 44.6 Å². The standard InChI is InChI=1S/C22H24N4O.C2H6/c1-2-19(3-1)25-10-8-22(9-11-25)13-18-12-16(4-6-20(18)27-22)17-5-7-21-24-23-15-26(21)14-17;1-2/h4-7,12,14-15,19H,1-3,8-11,13H2;1-2H3. The van der Waals surface area contributed by atoms with Gasteiger partial charge in [-0.05, 0) is 53.8 Å². The summed E-state index contributed by atoms with van der Waals surface area (Å²) < 4.78 is 8.48. The molecule has 1 aliphatic carbocycles. The van der Waals surface area contributed by atoms with Gasteiger partial charge in [-0.2, -0.15) is 0 Å². The number of likely N-dealkylation sites (tertiary alicyclic amines) is 1. The molecule has 29 heavy (non-hydrogen) atoms. The number of hydrogen-bond acceptors (Lipinski definition) is 4. The second-order valence-corrected chi connectivity index (χ2v) is 8.42. The lowest BCUT2D eigenvalue weighted by Crippen LogP contribution is -2.52. The molecule has 0 amide bonds. The van der Waals surface area contributed by atoms with Crippen LogP contribution in [0.15, 0.2) is 42.9 Å². The van der Waals surface area contributed by atoms with Gasteiger partial charge in [-0.3, -0.25) is 4.40 Å². The molecule has 2 aliphatic heterocycles. The molecule has 2 aromatic heterocycles. The Kier molecular flexibility index (Phi) is 4.78. The van der Waals surface area contributed by atoms with E-state index in [-0.39, 0.29) is 5.60 Å². The number of piperidine rings is 1. The van der Waals surface area contributed by atoms with Crippen molar-refractivity contribution in [2.45, 2.75) is 64.0 Å². The van der Waals surface area contributed by atoms with Crippen LogP contribution in [0.3, 0.4) is 0 Å². The van der Waals surface area contributed by atoms with Crippen molar-refractivity contribution in [1.29, 1.82) is 0 Å². The second-order valence-electron chi connectivity index (χ2n) is 8.42. The summed E-state index contributed by atoms with van der Waals surface area (Å²) in [5.74, 6) is 1.08. The molecule has 4 heterocycles. The molecule has 0 bridgehead atoms. The third-order valence-corrected chi connectivity index (χ3v) is 6.82. The first-order chi connectivity index (χ1) is 14.3. The summed E-state index contributed by atoms with van der Waals surface area (Å²) in [7, 11) is 0. The molecular weight excluding hydrogens is 360 g/mol. The van der Waals surface area contributed by atoms with Crippen molar-refractivity contribution >= 4 is 5.65 Å². The minimum absolute atomic E-state index is 0.0272. The molecule has 5 heteroatoms. The quantitative estimate of drug-likeness (QED) is 0.634. The van der Waals surface area contributed by atoms with Gasteiger partial charge in [0.15, 0.2) is 5.65 Å². The van der Waals surface area contributed by atoms with E-state index in [9.17, 15) is 0 Å². The summed E-state index contributed by atoms with van der Waals surface area (Å²) in [6, 6.07) is 11.6. The monoisotopic (exact) mass is 390 g/mol. The number of pyridine rings is 1. The molecule has 5 nitrogen and oxygen atoms in total. The molecule has 0 atom stereocenters. The molecular formula is C24H30N4O. The largest absolute Gasteiger partial charge is 0.487 e. The predicted octanol–water partition coefficient (Wildman–Crippen LogP) is 4.74. The highest BCUT2D eigenvalue weighted by Gasteiger charge is 2.43. The van der Waals surface area contributed by atoms with Crippen LogP contribution in [-0.2, 0) is 6.42 Å². The predicted molar refractivity (Wildman–Crippen MR) is 115 cm³/mol. The number of fused-ring (bicyclic) bond motifs is 2. The highest BCUT2D eigenvalue weighted by atomic mass is 16.5. The molecule has 6 rings (SSSR count). The minimum atomic E-state index is 0.0272. The average molecular weight is 391 g/mol. The SMILES string of the molecule is CC.c1cc2c(cc1-c1ccc3nncn3c1)CC1(CCN(C3CCC3)CC1)O2. The Hall–Kier alpha value is -2.40. The summed E-state index contributed by atoms with van der Waals surface area (Å²) >= 11 is 0. The van der Waals surface area contributed by atoms with E-state index in [0.717, 1.165) is 36.7 Å². The van der Waals surface area contributed by atoms with E-state index < -0.39 is 0 Å². The summed E-state index contributed by atoms with van der Waals surface area (Å²) in [5, 5.41) is 8.05. The molecule has 1 saturated heterocycles. The van der Waals surface area contributed by atoms with Gasteiger partial charge in [0.2, 0.25) is 0 Å². The molecule has 0 radical (unpaired) electrons. The zero-order chi connectivity index (χ0) is 19.8. The molecule has 1 aromatic carbocycles. The summed E-state index contributed by atoms with van der Waals surface area (Å²) in [5.41, 5.74) is 4.68. The highest BCUT2D eigenvalue weighted by Crippen LogP contribution is 2.43. The van der Waals surface area contributed by atoms with E-state index in [1.807, 2.05) is 24.3 Å². The third-order valence-electron chi connectivity index (χ3n) is 6.82. The van der Waals surface area contributed by atoms with Crippen LogP contribution in [0.25, 0.3) is 16.8 Å². The van der Waals surface area contributed by atoms with Gasteiger partial charge < -0.3 is 9.64 Å². The first-order valence-electron chi connectivity index (χ1n) is 11.1. The molecule has 1 saturated carbocycles. The Balaban J connectivity index is 0.000000882. The van der Waals surface area contributed by atoms with Gasteiger partial charge in [0.25, 0.3) is 0 Å². The fourth-order valence-electron chi connectivity index (χ4n) is 4.94. The Morgan fingerprint density at radius 1 is 1.03 bits per heavy atom. The van der Waals surface area contributed by atoms with E-state index >= 15 is 0 Å². The van der Waals surface area contributed by atoms with Crippen LogP contribution in [0.2, 0.25) is 0 Å². The topological polar surface area (TPSA) is 42.7 Å². The van der Waals surface area contributed by atoms with E-state index in [1.165, 1.54) is 49.0 Å². The van der Waals surface area contributed by atoms with E-state index in [2.05, 4.69) is 45.6 Å². The van der Waals surface area contributed by atoms with Gasteiger partial charge in [0.1, 0.15) is 17.7 Å². The average Bonchev–Trinajstić information content (AvgIpc) is 3.33. The smallest absolute Gasteiger partial charge is 0.160 e. The number of hydrogen-bond donors (Lipinski definition) is 0. The summed E-state index contributed by atoms with van der Waals surface area (Å²) in [6.07, 6.45) is 11.4. The van der Waals surface area contributed by atoms with E-state index in [0.29, 0.717) is 0 Å². The van der Waals surface area contributed by atoms with Crippen LogP contribution >= 0.6 is 0 Å². The first kappa shape index (κ1) is 18.6. The fraction of sp³-hybridized carbons (Fsp3) is 0.500. The number of ether oxygens (including phenoxy) is 1. The first-order valence-corrected chi connectivity index (χ1v) is 11.1. The number of aromatic nitrogens is 3. The summed E-state index contributed by atoms with van der Waals surface area (Å²) in [4.78, 5) is 2.70. The van der Waals surface area contributed by atoms with Crippen molar-refractivity contribution in [2.75, 3.05) is 13.1 Å². The number of benzene rings is 1. The van der Waals surface area contributed by atoms with Crippen molar-refractivity contribution < 1.29 is 4.74 Å². The van der Waals surface area contributed by atoms with Crippen molar-refractivity contribution in [3.63, 3.8) is 0 Å². The van der Waals surface area contributed by atoms with Crippen molar-refractivity contribution in [3.8, 4) is 16.9 Å². The molecule has 0 N–H and O–H groups in total. The maximum atomic E-state index is 6.51. The van der Waals surface area contributed by atoms with E-state index in [4.69, 9.17) is 4.74 Å². The van der Waals surface area contributed by atoms with Crippen LogP contribution in [0.5, 0.6) is 5.75 Å². The molecule has 1 spiro atoms. The summed E-state index contributed by atoms with van der Waals surface area (Å²) in [6.45, 7) is 6.38. The van der Waals surface area contributed by atoms with Crippen LogP contribution in [-0.4, -0.2) is 44.2 Å². The van der Waals surface area contributed by atoms with Gasteiger partial charge >= 0.3 is 0 Å². The normalized spacial score (nSPS) is 20.6. The fourth-order valence-corrected chi connectivity index (χ4v) is 4.94. The lowest BCUT2D eigenvalue weighted by molar-refractivity contribution is -0.00746. The number of rotatable bonds is 2. The minimum Gasteiger partial charge on any atom is -0.487 e. The molecule has 3 aromatic rings. The third kappa shape index (κ3) is 3.31. The number of nitrogens with zero attached hydrogens (tertiary/aromatic N) is 4. The van der Waals surface area contributed by atoms with Gasteiger partial charge in [0.05, 0.1) is 0 Å². The molecule has 3 aliphatic rings. The van der Waals surface area contributed by atoms with Crippen molar-refractivity contribution in [2.24, 2.45) is 0 Å². The van der Waals surface area contributed by atoms with Crippen LogP contribution < -0.4 is 4.74 Å². The Morgan fingerprint density at radius 2 is 1.83 bits per heavy atom. The Morgan fingerprint density at radius 3 is 2.59 bits per heavy atom. The van der Waals surface area contributed by atoms with Crippen LogP contribution in [0.4, 0.5) is 0 Å². The van der Waals surface area contributed by atoms with Crippen molar-refractivity contribution in [3.05, 3.63) is 48.4 Å². The Bertz CT molecular complexity index is 999. The zero-order valence-corrected chi connectivity index (χ0v) is 17.5. The Labute approximate surface area is 172 Å². The van der Waals surface area contributed by atoms with Gasteiger partial charge in [-0.15, -0.1) is 10.2 Å². The maximum Gasteiger partial charge on any atom is 0.160 e. The van der Waals surface area contributed by atoms with E-state index in [1.54, 1.807) is 6.33 Å². The van der Waals surface area contributed by atoms with Crippen LogP contribution in [0.1, 0.15) is 51.5 Å². The van der Waals surface area contributed by atoms with Crippen LogP contribution in [0, 0.1) is 0 Å². The lowest BCUT2D eigenvalue weighted by Gasteiger charge is -2.45. The lowest BCUT2D eigenvalue weighted by atomic mass is 9.83. The zero-order valence-electron chi connectivity index (χ0n) is 17.5.